The van der Waals surface area contributed by atoms with Crippen molar-refractivity contribution in [2.75, 3.05) is 6.61 Å². The summed E-state index contributed by atoms with van der Waals surface area (Å²) in [5.74, 6) is -0.395. The number of rotatable bonds is 3. The van der Waals surface area contributed by atoms with Crippen molar-refractivity contribution in [2.45, 2.75) is 40.5 Å². The fourth-order valence-corrected chi connectivity index (χ4v) is 2.42. The second-order valence-electron chi connectivity index (χ2n) is 5.06. The minimum atomic E-state index is -0.465. The summed E-state index contributed by atoms with van der Waals surface area (Å²) in [5, 5.41) is 2.90. The number of carbonyl (C=O) groups excluding carboxylic acids is 1. The zero-order valence-electron chi connectivity index (χ0n) is 12.4. The minimum Gasteiger partial charge on any atom is -0.462 e. The van der Waals surface area contributed by atoms with Crippen LogP contribution >= 0.6 is 0 Å². The third-order valence-electron chi connectivity index (χ3n) is 3.24. The van der Waals surface area contributed by atoms with Gasteiger partial charge in [0.15, 0.2) is 5.65 Å². The van der Waals surface area contributed by atoms with Crippen LogP contribution in [0.1, 0.15) is 54.0 Å². The first-order chi connectivity index (χ1) is 9.38. The molecule has 0 amide bonds. The van der Waals surface area contributed by atoms with E-state index in [1.54, 1.807) is 20.8 Å². The highest BCUT2D eigenvalue weighted by Crippen LogP contribution is 2.18. The maximum atomic E-state index is 12.5. The molecule has 1 N–H and O–H groups in total. The molecule has 2 heterocycles. The van der Waals surface area contributed by atoms with E-state index in [0.717, 1.165) is 0 Å². The van der Waals surface area contributed by atoms with Crippen LogP contribution in [0.25, 0.3) is 5.65 Å². The first-order valence-electron chi connectivity index (χ1n) is 6.67. The molecule has 0 aromatic carbocycles. The molecule has 0 fully saturated rings. The average Bonchev–Trinajstić information content (AvgIpc) is 2.65. The minimum absolute atomic E-state index is 0.0709. The highest BCUT2D eigenvalue weighted by atomic mass is 16.5. The van der Waals surface area contributed by atoms with E-state index in [4.69, 9.17) is 4.74 Å². The van der Waals surface area contributed by atoms with Crippen molar-refractivity contribution in [3.63, 3.8) is 0 Å². The van der Waals surface area contributed by atoms with Gasteiger partial charge in [0.1, 0.15) is 5.56 Å². The van der Waals surface area contributed by atoms with Crippen LogP contribution in [-0.2, 0) is 4.74 Å². The molecule has 0 aliphatic heterocycles. The standard InChI is InChI=1S/C14H19N3O3/c1-6-20-14(19)11-9(5)16-17-12(11)15-8(4)10(7(2)3)13(17)18/h7,16H,6H2,1-5H3. The lowest BCUT2D eigenvalue weighted by Gasteiger charge is -2.08. The van der Waals surface area contributed by atoms with Gasteiger partial charge in [0, 0.05) is 17.0 Å². The summed E-state index contributed by atoms with van der Waals surface area (Å²) in [6.07, 6.45) is 0. The lowest BCUT2D eigenvalue weighted by Crippen LogP contribution is -2.23. The number of nitrogens with one attached hydrogen (secondary N) is 1. The van der Waals surface area contributed by atoms with Crippen molar-refractivity contribution in [3.05, 3.63) is 32.9 Å². The first-order valence-corrected chi connectivity index (χ1v) is 6.67. The maximum absolute atomic E-state index is 12.5. The Labute approximate surface area is 116 Å². The van der Waals surface area contributed by atoms with E-state index in [1.807, 2.05) is 13.8 Å². The average molecular weight is 277 g/mol. The maximum Gasteiger partial charge on any atom is 0.343 e. The van der Waals surface area contributed by atoms with Crippen molar-refractivity contribution in [1.29, 1.82) is 0 Å². The van der Waals surface area contributed by atoms with Crippen LogP contribution < -0.4 is 5.56 Å². The zero-order chi connectivity index (χ0) is 15.0. The van der Waals surface area contributed by atoms with E-state index in [0.29, 0.717) is 28.2 Å². The Balaban J connectivity index is 2.79. The fourth-order valence-electron chi connectivity index (χ4n) is 2.42. The van der Waals surface area contributed by atoms with Gasteiger partial charge in [-0.25, -0.2) is 14.3 Å². The van der Waals surface area contributed by atoms with Crippen LogP contribution in [0, 0.1) is 13.8 Å². The Kier molecular flexibility index (Phi) is 3.65. The van der Waals surface area contributed by atoms with Gasteiger partial charge in [-0.1, -0.05) is 13.8 Å². The number of aryl methyl sites for hydroxylation is 2. The Morgan fingerprint density at radius 1 is 1.40 bits per heavy atom. The summed E-state index contributed by atoms with van der Waals surface area (Å²) in [7, 11) is 0. The third-order valence-corrected chi connectivity index (χ3v) is 3.24. The number of H-pyrrole nitrogens is 1. The predicted octanol–water partition coefficient (Wildman–Crippen LogP) is 1.94. The zero-order valence-corrected chi connectivity index (χ0v) is 12.4. The second-order valence-corrected chi connectivity index (χ2v) is 5.06. The smallest absolute Gasteiger partial charge is 0.343 e. The number of nitrogens with zero attached hydrogens (tertiary/aromatic N) is 2. The van der Waals surface area contributed by atoms with Gasteiger partial charge in [-0.15, -0.1) is 0 Å². The molecule has 2 rings (SSSR count). The molecule has 2 aromatic rings. The number of fused-ring (bicyclic) bond motifs is 1. The fraction of sp³-hybridized carbons (Fsp3) is 0.500. The van der Waals surface area contributed by atoms with Crippen molar-refractivity contribution in [2.24, 2.45) is 0 Å². The van der Waals surface area contributed by atoms with Gasteiger partial charge in [0.2, 0.25) is 0 Å². The molecule has 6 heteroatoms. The van der Waals surface area contributed by atoms with Gasteiger partial charge in [-0.05, 0) is 26.7 Å². The molecule has 0 unspecified atom stereocenters. The van der Waals surface area contributed by atoms with E-state index in [9.17, 15) is 9.59 Å². The van der Waals surface area contributed by atoms with Crippen LogP contribution in [0.4, 0.5) is 0 Å². The van der Waals surface area contributed by atoms with Crippen LogP contribution in [0.15, 0.2) is 4.79 Å². The summed E-state index contributed by atoms with van der Waals surface area (Å²) < 4.78 is 6.34. The lowest BCUT2D eigenvalue weighted by atomic mass is 10.0. The summed E-state index contributed by atoms with van der Waals surface area (Å²) in [6.45, 7) is 9.42. The number of hydrogen-bond acceptors (Lipinski definition) is 4. The molecule has 6 nitrogen and oxygen atoms in total. The molecule has 108 valence electrons. The van der Waals surface area contributed by atoms with E-state index in [2.05, 4.69) is 10.1 Å². The van der Waals surface area contributed by atoms with Crippen molar-refractivity contribution >= 4 is 11.6 Å². The van der Waals surface area contributed by atoms with E-state index < -0.39 is 5.97 Å². The van der Waals surface area contributed by atoms with Crippen LogP contribution in [-0.4, -0.2) is 27.2 Å². The third kappa shape index (κ3) is 2.11. The van der Waals surface area contributed by atoms with Crippen LogP contribution in [0.5, 0.6) is 0 Å². The molecule has 0 aliphatic rings. The molecule has 0 saturated carbocycles. The first kappa shape index (κ1) is 14.3. The highest BCUT2D eigenvalue weighted by Gasteiger charge is 2.22. The highest BCUT2D eigenvalue weighted by molar-refractivity contribution is 5.97. The van der Waals surface area contributed by atoms with Gasteiger partial charge >= 0.3 is 5.97 Å². The molecular weight excluding hydrogens is 258 g/mol. The Hall–Kier alpha value is -2.11. The van der Waals surface area contributed by atoms with Gasteiger partial charge in [0.25, 0.3) is 5.56 Å². The lowest BCUT2D eigenvalue weighted by molar-refractivity contribution is 0.0527. The molecular formula is C14H19N3O3. The number of ether oxygens (including phenoxy) is 1. The molecule has 0 saturated heterocycles. The number of carbonyl (C=O) groups is 1. The van der Waals surface area contributed by atoms with Crippen LogP contribution in [0.2, 0.25) is 0 Å². The monoisotopic (exact) mass is 277 g/mol. The molecule has 0 spiro atoms. The second kappa shape index (κ2) is 5.11. The molecule has 2 aromatic heterocycles. The van der Waals surface area contributed by atoms with Gasteiger partial charge in [-0.2, -0.15) is 0 Å². The van der Waals surface area contributed by atoms with Crippen molar-refractivity contribution < 1.29 is 9.53 Å². The molecule has 0 bridgehead atoms. The number of esters is 1. The van der Waals surface area contributed by atoms with E-state index >= 15 is 0 Å². The van der Waals surface area contributed by atoms with Gasteiger partial charge < -0.3 is 4.74 Å². The quantitative estimate of drug-likeness (QED) is 0.870. The van der Waals surface area contributed by atoms with Gasteiger partial charge in [0.05, 0.1) is 6.61 Å². The number of aromatic amines is 1. The Morgan fingerprint density at radius 2 is 2.05 bits per heavy atom. The van der Waals surface area contributed by atoms with Crippen molar-refractivity contribution in [3.8, 4) is 0 Å². The van der Waals surface area contributed by atoms with E-state index in [1.165, 1.54) is 4.52 Å². The number of hydrogen-bond donors (Lipinski definition) is 1. The molecule has 0 atom stereocenters. The normalized spacial score (nSPS) is 11.3. The largest absolute Gasteiger partial charge is 0.462 e. The summed E-state index contributed by atoms with van der Waals surface area (Å²) >= 11 is 0. The molecule has 0 aliphatic carbocycles. The van der Waals surface area contributed by atoms with Crippen molar-refractivity contribution in [1.82, 2.24) is 14.6 Å². The van der Waals surface area contributed by atoms with Gasteiger partial charge in [-0.3, -0.25) is 9.89 Å². The number of aromatic nitrogens is 3. The van der Waals surface area contributed by atoms with Crippen LogP contribution in [0.3, 0.4) is 0 Å². The summed E-state index contributed by atoms with van der Waals surface area (Å²) in [6, 6.07) is 0. The topological polar surface area (TPSA) is 76.5 Å². The Morgan fingerprint density at radius 3 is 2.60 bits per heavy atom. The Bertz CT molecular complexity index is 725. The predicted molar refractivity (Wildman–Crippen MR) is 75.3 cm³/mol. The summed E-state index contributed by atoms with van der Waals surface area (Å²) in [5.41, 5.74) is 2.36. The summed E-state index contributed by atoms with van der Waals surface area (Å²) in [4.78, 5) is 28.9. The van der Waals surface area contributed by atoms with E-state index in [-0.39, 0.29) is 18.1 Å². The molecule has 20 heavy (non-hydrogen) atoms. The SMILES string of the molecule is CCOC(=O)c1c(C)[nH]n2c(=O)c(C(C)C)c(C)nc12. The molecule has 0 radical (unpaired) electrons.